The molecule has 2 heteroatoms. The summed E-state index contributed by atoms with van der Waals surface area (Å²) < 4.78 is 0. The average molecular weight is 212 g/mol. The largest absolute Gasteiger partial charge is 0.312 e. The van der Waals surface area contributed by atoms with Crippen molar-refractivity contribution in [3.8, 4) is 0 Å². The summed E-state index contributed by atoms with van der Waals surface area (Å²) in [7, 11) is 2.19. The van der Waals surface area contributed by atoms with Gasteiger partial charge in [-0.25, -0.2) is 0 Å². The van der Waals surface area contributed by atoms with Crippen LogP contribution in [0.5, 0.6) is 0 Å². The molecule has 3 atom stereocenters. The molecule has 1 aliphatic rings. The molecule has 0 saturated heterocycles. The highest BCUT2D eigenvalue weighted by Crippen LogP contribution is 2.29. The van der Waals surface area contributed by atoms with Crippen LogP contribution in [-0.4, -0.2) is 37.6 Å². The van der Waals surface area contributed by atoms with Gasteiger partial charge < -0.3 is 10.2 Å². The van der Waals surface area contributed by atoms with Gasteiger partial charge in [0, 0.05) is 19.1 Å². The van der Waals surface area contributed by atoms with E-state index in [0.717, 1.165) is 31.0 Å². The SMILES string of the molecule is CCN(C)CCNC1CCCC(C)C1C. The Bertz CT molecular complexity index is 170. The molecule has 15 heavy (non-hydrogen) atoms. The first-order chi connectivity index (χ1) is 7.15. The predicted octanol–water partition coefficient (Wildman–Crippen LogP) is 2.35. The smallest absolute Gasteiger partial charge is 0.0104 e. The lowest BCUT2D eigenvalue weighted by Gasteiger charge is -2.35. The topological polar surface area (TPSA) is 15.3 Å². The molecular weight excluding hydrogens is 184 g/mol. The number of nitrogens with zero attached hydrogens (tertiary/aromatic N) is 1. The molecule has 0 aromatic rings. The second-order valence-corrected chi connectivity index (χ2v) is 5.22. The van der Waals surface area contributed by atoms with E-state index in [1.54, 1.807) is 0 Å². The fourth-order valence-electron chi connectivity index (χ4n) is 2.47. The molecule has 1 N–H and O–H groups in total. The Hall–Kier alpha value is -0.0800. The molecule has 1 saturated carbocycles. The van der Waals surface area contributed by atoms with Gasteiger partial charge in [0.15, 0.2) is 0 Å². The van der Waals surface area contributed by atoms with Crippen LogP contribution in [0, 0.1) is 11.8 Å². The maximum atomic E-state index is 3.73. The van der Waals surface area contributed by atoms with Crippen molar-refractivity contribution in [3.63, 3.8) is 0 Å². The van der Waals surface area contributed by atoms with E-state index in [0.29, 0.717) is 0 Å². The van der Waals surface area contributed by atoms with E-state index in [1.165, 1.54) is 25.8 Å². The van der Waals surface area contributed by atoms with Gasteiger partial charge in [0.25, 0.3) is 0 Å². The quantitative estimate of drug-likeness (QED) is 0.752. The molecule has 3 unspecified atom stereocenters. The van der Waals surface area contributed by atoms with Crippen LogP contribution in [0.1, 0.15) is 40.0 Å². The van der Waals surface area contributed by atoms with Gasteiger partial charge in [-0.2, -0.15) is 0 Å². The van der Waals surface area contributed by atoms with E-state index < -0.39 is 0 Å². The summed E-state index contributed by atoms with van der Waals surface area (Å²) in [6.45, 7) is 10.5. The van der Waals surface area contributed by atoms with Crippen molar-refractivity contribution in [1.29, 1.82) is 0 Å². The maximum Gasteiger partial charge on any atom is 0.0104 e. The van der Waals surface area contributed by atoms with E-state index in [2.05, 4.69) is 38.0 Å². The van der Waals surface area contributed by atoms with E-state index in [9.17, 15) is 0 Å². The molecule has 2 nitrogen and oxygen atoms in total. The van der Waals surface area contributed by atoms with Crippen LogP contribution in [0.25, 0.3) is 0 Å². The minimum Gasteiger partial charge on any atom is -0.312 e. The third-order valence-corrected chi connectivity index (χ3v) is 4.15. The van der Waals surface area contributed by atoms with Gasteiger partial charge in [-0.1, -0.05) is 33.6 Å². The first kappa shape index (κ1) is 13.0. The molecule has 90 valence electrons. The first-order valence-electron chi connectivity index (χ1n) is 6.57. The van der Waals surface area contributed by atoms with E-state index in [-0.39, 0.29) is 0 Å². The number of rotatable bonds is 5. The maximum absolute atomic E-state index is 3.73. The fourth-order valence-corrected chi connectivity index (χ4v) is 2.47. The Balaban J connectivity index is 2.19. The molecule has 0 aliphatic heterocycles. The third kappa shape index (κ3) is 4.12. The summed E-state index contributed by atoms with van der Waals surface area (Å²) in [5.41, 5.74) is 0. The second kappa shape index (κ2) is 6.49. The average Bonchev–Trinajstić information content (AvgIpc) is 2.24. The molecule has 0 aromatic carbocycles. The van der Waals surface area contributed by atoms with Gasteiger partial charge in [-0.3, -0.25) is 0 Å². The second-order valence-electron chi connectivity index (χ2n) is 5.22. The Kier molecular flexibility index (Phi) is 5.62. The van der Waals surface area contributed by atoms with Crippen LogP contribution in [0.3, 0.4) is 0 Å². The molecule has 1 fully saturated rings. The van der Waals surface area contributed by atoms with Gasteiger partial charge in [0.2, 0.25) is 0 Å². The number of likely N-dealkylation sites (N-methyl/N-ethyl adjacent to an activating group) is 1. The van der Waals surface area contributed by atoms with Crippen LogP contribution < -0.4 is 5.32 Å². The monoisotopic (exact) mass is 212 g/mol. The molecule has 0 amide bonds. The minimum absolute atomic E-state index is 0.763. The third-order valence-electron chi connectivity index (χ3n) is 4.15. The number of hydrogen-bond donors (Lipinski definition) is 1. The number of hydrogen-bond acceptors (Lipinski definition) is 2. The van der Waals surface area contributed by atoms with Crippen molar-refractivity contribution >= 4 is 0 Å². The standard InChI is InChI=1S/C13H28N2/c1-5-15(4)10-9-14-13-8-6-7-11(2)12(13)3/h11-14H,5-10H2,1-4H3. The lowest BCUT2D eigenvalue weighted by molar-refractivity contribution is 0.201. The Morgan fingerprint density at radius 1 is 1.27 bits per heavy atom. The lowest BCUT2D eigenvalue weighted by atomic mass is 9.78. The van der Waals surface area contributed by atoms with Gasteiger partial charge in [0.05, 0.1) is 0 Å². The summed E-state index contributed by atoms with van der Waals surface area (Å²) in [5, 5.41) is 3.73. The predicted molar refractivity (Wildman–Crippen MR) is 67.1 cm³/mol. The van der Waals surface area contributed by atoms with Gasteiger partial charge in [-0.05, 0) is 31.8 Å². The van der Waals surface area contributed by atoms with Crippen LogP contribution in [0.4, 0.5) is 0 Å². The highest BCUT2D eigenvalue weighted by atomic mass is 15.1. The highest BCUT2D eigenvalue weighted by molar-refractivity contribution is 4.82. The molecule has 0 aromatic heterocycles. The molecule has 0 bridgehead atoms. The van der Waals surface area contributed by atoms with E-state index >= 15 is 0 Å². The van der Waals surface area contributed by atoms with E-state index in [4.69, 9.17) is 0 Å². The highest BCUT2D eigenvalue weighted by Gasteiger charge is 2.26. The van der Waals surface area contributed by atoms with Crippen molar-refractivity contribution in [1.82, 2.24) is 10.2 Å². The molecule has 0 radical (unpaired) electrons. The van der Waals surface area contributed by atoms with E-state index in [1.807, 2.05) is 0 Å². The van der Waals surface area contributed by atoms with Crippen molar-refractivity contribution in [3.05, 3.63) is 0 Å². The van der Waals surface area contributed by atoms with Crippen molar-refractivity contribution in [2.24, 2.45) is 11.8 Å². The zero-order valence-electron chi connectivity index (χ0n) is 10.9. The van der Waals surface area contributed by atoms with Gasteiger partial charge in [0.1, 0.15) is 0 Å². The van der Waals surface area contributed by atoms with Gasteiger partial charge in [-0.15, -0.1) is 0 Å². The summed E-state index contributed by atoms with van der Waals surface area (Å²) in [6.07, 6.45) is 4.21. The Morgan fingerprint density at radius 2 is 2.00 bits per heavy atom. The van der Waals surface area contributed by atoms with Crippen LogP contribution in [-0.2, 0) is 0 Å². The zero-order valence-corrected chi connectivity index (χ0v) is 10.9. The minimum atomic E-state index is 0.763. The lowest BCUT2D eigenvalue weighted by Crippen LogP contribution is -2.43. The number of nitrogens with one attached hydrogen (secondary N) is 1. The normalized spacial score (nSPS) is 32.2. The summed E-state index contributed by atoms with van der Waals surface area (Å²) in [6, 6.07) is 0.763. The molecule has 1 rings (SSSR count). The summed E-state index contributed by atoms with van der Waals surface area (Å²) in [4.78, 5) is 2.37. The fraction of sp³-hybridized carbons (Fsp3) is 1.00. The molecule has 0 spiro atoms. The molecule has 1 aliphatic carbocycles. The molecular formula is C13H28N2. The zero-order chi connectivity index (χ0) is 11.3. The summed E-state index contributed by atoms with van der Waals surface area (Å²) in [5.74, 6) is 1.76. The Morgan fingerprint density at radius 3 is 2.67 bits per heavy atom. The first-order valence-corrected chi connectivity index (χ1v) is 6.57. The molecule has 0 heterocycles. The van der Waals surface area contributed by atoms with Crippen LogP contribution in [0.15, 0.2) is 0 Å². The van der Waals surface area contributed by atoms with Crippen molar-refractivity contribution in [2.75, 3.05) is 26.7 Å². The van der Waals surface area contributed by atoms with Crippen LogP contribution in [0.2, 0.25) is 0 Å². The van der Waals surface area contributed by atoms with Crippen molar-refractivity contribution in [2.45, 2.75) is 46.1 Å². The summed E-state index contributed by atoms with van der Waals surface area (Å²) >= 11 is 0. The van der Waals surface area contributed by atoms with Crippen molar-refractivity contribution < 1.29 is 0 Å². The van der Waals surface area contributed by atoms with Crippen LogP contribution >= 0.6 is 0 Å². The van der Waals surface area contributed by atoms with Gasteiger partial charge >= 0.3 is 0 Å². The Labute approximate surface area is 95.4 Å².